The maximum absolute atomic E-state index is 2.27. The van der Waals surface area contributed by atoms with Gasteiger partial charge in [0.25, 0.3) is 0 Å². The first-order valence-electron chi connectivity index (χ1n) is 8.42. The molecule has 3 heterocycles. The third-order valence-electron chi connectivity index (χ3n) is 3.75. The van der Waals surface area contributed by atoms with E-state index in [1.807, 2.05) is 70.6 Å². The predicted molar refractivity (Wildman–Crippen MR) is 128 cm³/mol. The molecule has 0 N–H and O–H groups in total. The van der Waals surface area contributed by atoms with Gasteiger partial charge in [-0.15, -0.1) is 23.5 Å². The highest BCUT2D eigenvalue weighted by molar-refractivity contribution is 8.42. The van der Waals surface area contributed by atoms with Gasteiger partial charge in [-0.2, -0.15) is 0 Å². The molecule has 0 atom stereocenters. The number of nitrogens with zero attached hydrogens (tertiary/aromatic N) is 1. The van der Waals surface area contributed by atoms with Crippen LogP contribution in [0.4, 0.5) is 0 Å². The Kier molecular flexibility index (Phi) is 6.43. The lowest BCUT2D eigenvalue weighted by molar-refractivity contribution is 1.06. The maximum Gasteiger partial charge on any atom is 0.0717 e. The van der Waals surface area contributed by atoms with E-state index >= 15 is 0 Å². The first kappa shape index (κ1) is 19.4. The predicted octanol–water partition coefficient (Wildman–Crippen LogP) is 8.22. The minimum absolute atomic E-state index is 1.14. The molecule has 0 saturated heterocycles. The summed E-state index contributed by atoms with van der Waals surface area (Å²) in [5.41, 5.74) is 2.53. The Labute approximate surface area is 181 Å². The highest BCUT2D eigenvalue weighted by atomic mass is 32.3. The van der Waals surface area contributed by atoms with Crippen molar-refractivity contribution in [1.82, 2.24) is 4.57 Å². The molecule has 0 saturated carbocycles. The van der Waals surface area contributed by atoms with Crippen LogP contribution in [-0.2, 0) is 0 Å². The minimum atomic E-state index is 1.14. The first-order valence-corrected chi connectivity index (χ1v) is 13.7. The normalized spacial score (nSPS) is 16.7. The van der Waals surface area contributed by atoms with Gasteiger partial charge in [0.05, 0.1) is 16.9 Å². The van der Waals surface area contributed by atoms with E-state index in [4.69, 9.17) is 0 Å². The van der Waals surface area contributed by atoms with Crippen molar-refractivity contribution in [3.63, 3.8) is 0 Å². The van der Waals surface area contributed by atoms with Crippen LogP contribution in [0.2, 0.25) is 0 Å². The summed E-state index contributed by atoms with van der Waals surface area (Å²) in [4.78, 5) is 2.75. The van der Waals surface area contributed by atoms with Crippen molar-refractivity contribution in [2.24, 2.45) is 0 Å². The zero-order valence-electron chi connectivity index (χ0n) is 14.8. The lowest BCUT2D eigenvalue weighted by Gasteiger charge is -2.05. The Morgan fingerprint density at radius 1 is 0.769 bits per heavy atom. The molecule has 7 heteroatoms. The van der Waals surface area contributed by atoms with Gasteiger partial charge in [-0.3, -0.25) is 0 Å². The summed E-state index contributed by atoms with van der Waals surface area (Å²) in [6, 6.07) is 8.72. The van der Waals surface area contributed by atoms with Crippen molar-refractivity contribution in [2.45, 2.75) is 30.6 Å². The van der Waals surface area contributed by atoms with Gasteiger partial charge in [-0.25, -0.2) is 0 Å². The van der Waals surface area contributed by atoms with Gasteiger partial charge in [0, 0.05) is 27.9 Å². The molecule has 0 unspecified atom stereocenters. The second-order valence-corrected chi connectivity index (χ2v) is 13.4. The summed E-state index contributed by atoms with van der Waals surface area (Å²) in [6.45, 7) is 6.60. The van der Waals surface area contributed by atoms with Gasteiger partial charge in [0.2, 0.25) is 0 Å². The van der Waals surface area contributed by atoms with Crippen LogP contribution in [0, 0.1) is 6.92 Å². The summed E-state index contributed by atoms with van der Waals surface area (Å²) >= 11 is 11.8. The third kappa shape index (κ3) is 4.08. The molecular formula is C19H19NS6. The lowest BCUT2D eigenvalue weighted by Crippen LogP contribution is -1.89. The van der Waals surface area contributed by atoms with Crippen molar-refractivity contribution >= 4 is 70.6 Å². The van der Waals surface area contributed by atoms with Crippen molar-refractivity contribution in [3.05, 3.63) is 59.2 Å². The molecule has 2 aliphatic rings. The van der Waals surface area contributed by atoms with Crippen LogP contribution in [0.5, 0.6) is 0 Å². The van der Waals surface area contributed by atoms with Crippen molar-refractivity contribution in [1.29, 1.82) is 0 Å². The SMILES string of the molecule is CCSC1=C(SCC)SC(=C2Sc3cn(-c4ccc(C)cc4)cc3S2)S1. The van der Waals surface area contributed by atoms with E-state index in [-0.39, 0.29) is 0 Å². The summed E-state index contributed by atoms with van der Waals surface area (Å²) in [6.07, 6.45) is 4.54. The number of hydrogen-bond acceptors (Lipinski definition) is 6. The Hall–Kier alpha value is 0.0800. The molecule has 0 amide bonds. The van der Waals surface area contributed by atoms with Gasteiger partial charge in [0.15, 0.2) is 0 Å². The number of fused-ring (bicyclic) bond motifs is 1. The van der Waals surface area contributed by atoms with E-state index < -0.39 is 0 Å². The Morgan fingerprint density at radius 3 is 1.77 bits per heavy atom. The first-order chi connectivity index (χ1) is 12.7. The highest BCUT2D eigenvalue weighted by Crippen LogP contribution is 2.64. The molecule has 2 aliphatic heterocycles. The molecule has 1 aromatic carbocycles. The zero-order chi connectivity index (χ0) is 18.1. The van der Waals surface area contributed by atoms with Crippen LogP contribution in [0.25, 0.3) is 5.69 Å². The third-order valence-corrected chi connectivity index (χ3v) is 12.1. The standard InChI is InChI=1S/C19H19NS6/c1-4-21-16-17(22-5-2)26-19(25-16)18-23-14-10-20(11-15(14)24-18)13-8-6-12(3)7-9-13/h6-11H,4-5H2,1-3H3. The largest absolute Gasteiger partial charge is 0.322 e. The lowest BCUT2D eigenvalue weighted by atomic mass is 10.2. The number of aryl methyl sites for hydroxylation is 1. The van der Waals surface area contributed by atoms with E-state index in [0.717, 1.165) is 11.5 Å². The molecule has 0 radical (unpaired) electrons. The molecule has 136 valence electrons. The summed E-state index contributed by atoms with van der Waals surface area (Å²) in [5.74, 6) is 2.28. The fourth-order valence-corrected chi connectivity index (χ4v) is 11.0. The molecule has 2 aromatic rings. The molecule has 4 rings (SSSR count). The monoisotopic (exact) mass is 453 g/mol. The smallest absolute Gasteiger partial charge is 0.0717 e. The van der Waals surface area contributed by atoms with Gasteiger partial charge in [0.1, 0.15) is 0 Å². The van der Waals surface area contributed by atoms with E-state index in [1.54, 1.807) is 0 Å². The number of rotatable bonds is 5. The van der Waals surface area contributed by atoms with Crippen LogP contribution in [0.3, 0.4) is 0 Å². The van der Waals surface area contributed by atoms with Gasteiger partial charge in [-0.05, 0) is 30.6 Å². The molecule has 1 aromatic heterocycles. The van der Waals surface area contributed by atoms with E-state index in [0.29, 0.717) is 0 Å². The van der Waals surface area contributed by atoms with Gasteiger partial charge in [-0.1, -0.05) is 78.6 Å². The maximum atomic E-state index is 2.27. The van der Waals surface area contributed by atoms with Gasteiger partial charge >= 0.3 is 0 Å². The zero-order valence-corrected chi connectivity index (χ0v) is 19.7. The molecule has 0 spiro atoms. The quantitative estimate of drug-likeness (QED) is 0.446. The minimum Gasteiger partial charge on any atom is -0.322 e. The van der Waals surface area contributed by atoms with E-state index in [9.17, 15) is 0 Å². The molecule has 0 aliphatic carbocycles. The second-order valence-electron chi connectivity index (χ2n) is 5.65. The van der Waals surface area contributed by atoms with Crippen LogP contribution in [0.1, 0.15) is 19.4 Å². The fourth-order valence-electron chi connectivity index (χ4n) is 2.54. The van der Waals surface area contributed by atoms with Crippen LogP contribution in [-0.4, -0.2) is 16.1 Å². The molecular weight excluding hydrogens is 435 g/mol. The summed E-state index contributed by atoms with van der Waals surface area (Å²) < 4.78 is 8.14. The molecule has 26 heavy (non-hydrogen) atoms. The second kappa shape index (κ2) is 8.62. The van der Waals surface area contributed by atoms with Crippen LogP contribution >= 0.6 is 70.6 Å². The summed E-state index contributed by atoms with van der Waals surface area (Å²) in [5, 5.41) is 0. The molecule has 1 nitrogen and oxygen atoms in total. The summed E-state index contributed by atoms with van der Waals surface area (Å²) in [7, 11) is 0. The van der Waals surface area contributed by atoms with Crippen LogP contribution < -0.4 is 0 Å². The fraction of sp³-hybridized carbons (Fsp3) is 0.263. The van der Waals surface area contributed by atoms with Crippen molar-refractivity contribution in [2.75, 3.05) is 11.5 Å². The Morgan fingerprint density at radius 2 is 1.27 bits per heavy atom. The van der Waals surface area contributed by atoms with Crippen molar-refractivity contribution in [3.8, 4) is 5.69 Å². The number of hydrogen-bond donors (Lipinski definition) is 0. The Bertz CT molecular complexity index is 832. The van der Waals surface area contributed by atoms with E-state index in [1.165, 1.54) is 38.0 Å². The number of thioether (sulfide) groups is 6. The average molecular weight is 454 g/mol. The molecule has 0 fully saturated rings. The number of aromatic nitrogens is 1. The number of benzene rings is 1. The van der Waals surface area contributed by atoms with Crippen molar-refractivity contribution < 1.29 is 0 Å². The van der Waals surface area contributed by atoms with Crippen LogP contribution in [0.15, 0.2) is 63.4 Å². The Balaban J connectivity index is 1.52. The highest BCUT2D eigenvalue weighted by Gasteiger charge is 2.29. The topological polar surface area (TPSA) is 4.93 Å². The average Bonchev–Trinajstić information content (AvgIpc) is 3.29. The van der Waals surface area contributed by atoms with Gasteiger partial charge < -0.3 is 4.57 Å². The molecule has 0 bridgehead atoms. The van der Waals surface area contributed by atoms with E-state index in [2.05, 4.69) is 62.0 Å².